The molecule has 1 aliphatic heterocycles. The number of aromatic nitrogens is 1. The van der Waals surface area contributed by atoms with Crippen molar-refractivity contribution in [3.63, 3.8) is 0 Å². The third-order valence-electron chi connectivity index (χ3n) is 5.11. The van der Waals surface area contributed by atoms with Gasteiger partial charge in [-0.25, -0.2) is 9.37 Å². The molecule has 8 heteroatoms. The molecule has 3 heterocycles. The van der Waals surface area contributed by atoms with Gasteiger partial charge in [-0.05, 0) is 36.8 Å². The highest BCUT2D eigenvalue weighted by molar-refractivity contribution is 7.20. The number of amides is 1. The minimum Gasteiger partial charge on any atom is -0.494 e. The summed E-state index contributed by atoms with van der Waals surface area (Å²) in [6.07, 6.45) is 2.41. The highest BCUT2D eigenvalue weighted by Gasteiger charge is 2.29. The van der Waals surface area contributed by atoms with Crippen molar-refractivity contribution in [2.45, 2.75) is 12.5 Å². The van der Waals surface area contributed by atoms with Gasteiger partial charge >= 0.3 is 0 Å². The van der Waals surface area contributed by atoms with Crippen molar-refractivity contribution in [3.8, 4) is 5.75 Å². The number of carbonyl (C=O) groups excluding carboxylic acids is 1. The topological polar surface area (TPSA) is 63.7 Å². The number of pyridine rings is 1. The van der Waals surface area contributed by atoms with Crippen LogP contribution in [0.1, 0.15) is 27.8 Å². The Balaban J connectivity index is 1.40. The Morgan fingerprint density at radius 2 is 2.20 bits per heavy atom. The molecule has 0 spiro atoms. The molecule has 3 aromatic rings. The van der Waals surface area contributed by atoms with Gasteiger partial charge in [-0.1, -0.05) is 6.07 Å². The van der Waals surface area contributed by atoms with Crippen LogP contribution < -0.4 is 10.1 Å². The first kappa shape index (κ1) is 20.7. The zero-order chi connectivity index (χ0) is 20.9. The van der Waals surface area contributed by atoms with E-state index in [2.05, 4.69) is 15.2 Å². The van der Waals surface area contributed by atoms with Crippen molar-refractivity contribution in [2.75, 3.05) is 39.9 Å². The number of hydrogen-bond acceptors (Lipinski definition) is 6. The zero-order valence-corrected chi connectivity index (χ0v) is 17.6. The fraction of sp³-hybridized carbons (Fsp3) is 0.364. The first-order chi connectivity index (χ1) is 14.7. The Kier molecular flexibility index (Phi) is 6.56. The summed E-state index contributed by atoms with van der Waals surface area (Å²) in [6, 6.07) is 9.95. The largest absolute Gasteiger partial charge is 0.494 e. The lowest BCUT2D eigenvalue weighted by atomic mass is 10.0. The molecular weight excluding hydrogens is 405 g/mol. The van der Waals surface area contributed by atoms with Gasteiger partial charge in [0.05, 0.1) is 19.3 Å². The van der Waals surface area contributed by atoms with Crippen LogP contribution in [0, 0.1) is 5.82 Å². The molecule has 1 atom stereocenters. The number of hydrogen-bond donors (Lipinski definition) is 1. The van der Waals surface area contributed by atoms with Crippen molar-refractivity contribution < 1.29 is 18.7 Å². The van der Waals surface area contributed by atoms with Gasteiger partial charge in [-0.3, -0.25) is 9.69 Å². The third-order valence-corrected chi connectivity index (χ3v) is 6.24. The Morgan fingerprint density at radius 3 is 3.00 bits per heavy atom. The van der Waals surface area contributed by atoms with E-state index in [4.69, 9.17) is 9.47 Å². The molecule has 30 heavy (non-hydrogen) atoms. The standard InChI is InChI=1S/C22H24FN3O3S/c1-24-21(27)20-19(17-4-2-9-25-22(17)30-20)18-14-26(11-13-29-18)10-3-12-28-16-7-5-15(23)6-8-16/h2,4-9,18H,3,10-14H2,1H3,(H,24,27)/t18-/m1/s1. The number of rotatable bonds is 7. The second-order valence-electron chi connectivity index (χ2n) is 7.10. The average molecular weight is 430 g/mol. The van der Waals surface area contributed by atoms with Crippen molar-refractivity contribution in [1.29, 1.82) is 0 Å². The summed E-state index contributed by atoms with van der Waals surface area (Å²) in [5.74, 6) is 0.291. The molecule has 0 radical (unpaired) electrons. The Bertz CT molecular complexity index is 1010. The van der Waals surface area contributed by atoms with E-state index in [0.717, 1.165) is 35.3 Å². The predicted molar refractivity (Wildman–Crippen MR) is 115 cm³/mol. The second kappa shape index (κ2) is 9.51. The van der Waals surface area contributed by atoms with Crippen molar-refractivity contribution in [2.24, 2.45) is 0 Å². The van der Waals surface area contributed by atoms with E-state index in [0.29, 0.717) is 30.4 Å². The zero-order valence-electron chi connectivity index (χ0n) is 16.8. The van der Waals surface area contributed by atoms with Gasteiger partial charge in [0.2, 0.25) is 0 Å². The molecule has 1 amide bonds. The molecule has 1 fully saturated rings. The number of fused-ring (bicyclic) bond motifs is 1. The summed E-state index contributed by atoms with van der Waals surface area (Å²) in [6.45, 7) is 3.57. The van der Waals surface area contributed by atoms with Crippen molar-refractivity contribution in [3.05, 3.63) is 58.9 Å². The number of benzene rings is 1. The summed E-state index contributed by atoms with van der Waals surface area (Å²) in [5, 5.41) is 3.71. The van der Waals surface area contributed by atoms with Crippen LogP contribution in [-0.2, 0) is 4.74 Å². The lowest BCUT2D eigenvalue weighted by Crippen LogP contribution is -2.39. The van der Waals surface area contributed by atoms with E-state index in [1.54, 1.807) is 25.4 Å². The third kappa shape index (κ3) is 4.61. The second-order valence-corrected chi connectivity index (χ2v) is 8.10. The molecule has 158 valence electrons. The van der Waals surface area contributed by atoms with Crippen LogP contribution in [0.5, 0.6) is 5.75 Å². The first-order valence-corrected chi connectivity index (χ1v) is 10.8. The van der Waals surface area contributed by atoms with Crippen LogP contribution in [0.25, 0.3) is 10.2 Å². The fourth-order valence-electron chi connectivity index (χ4n) is 3.64. The van der Waals surface area contributed by atoms with E-state index in [9.17, 15) is 9.18 Å². The summed E-state index contributed by atoms with van der Waals surface area (Å²) in [7, 11) is 1.64. The van der Waals surface area contributed by atoms with E-state index in [1.807, 2.05) is 12.1 Å². The molecule has 1 saturated heterocycles. The van der Waals surface area contributed by atoms with Crippen LogP contribution in [0.2, 0.25) is 0 Å². The molecule has 1 N–H and O–H groups in total. The minimum absolute atomic E-state index is 0.110. The van der Waals surface area contributed by atoms with Gasteiger partial charge in [0.25, 0.3) is 5.91 Å². The number of halogens is 1. The number of ether oxygens (including phenoxy) is 2. The fourth-order valence-corrected chi connectivity index (χ4v) is 4.78. The Labute approximate surface area is 178 Å². The molecule has 4 rings (SSSR count). The van der Waals surface area contributed by atoms with Crippen LogP contribution in [-0.4, -0.2) is 55.7 Å². The van der Waals surface area contributed by atoms with Gasteiger partial charge in [0.15, 0.2) is 0 Å². The normalized spacial score (nSPS) is 17.2. The number of thiophene rings is 1. The average Bonchev–Trinajstić information content (AvgIpc) is 3.17. The van der Waals surface area contributed by atoms with Gasteiger partial charge < -0.3 is 14.8 Å². The smallest absolute Gasteiger partial charge is 0.261 e. The van der Waals surface area contributed by atoms with Gasteiger partial charge in [-0.15, -0.1) is 11.3 Å². The SMILES string of the molecule is CNC(=O)c1sc2ncccc2c1[C@H]1CN(CCCOc2ccc(F)cc2)CCO1. The number of morpholine rings is 1. The quantitative estimate of drug-likeness (QED) is 0.581. The Morgan fingerprint density at radius 1 is 1.37 bits per heavy atom. The van der Waals surface area contributed by atoms with Gasteiger partial charge in [0.1, 0.15) is 21.3 Å². The van der Waals surface area contributed by atoms with Crippen LogP contribution >= 0.6 is 11.3 Å². The van der Waals surface area contributed by atoms with E-state index < -0.39 is 0 Å². The predicted octanol–water partition coefficient (Wildman–Crippen LogP) is 3.64. The number of nitrogens with zero attached hydrogens (tertiary/aromatic N) is 2. The van der Waals surface area contributed by atoms with E-state index in [1.165, 1.54) is 23.5 Å². The maximum absolute atomic E-state index is 13.0. The van der Waals surface area contributed by atoms with E-state index >= 15 is 0 Å². The summed E-state index contributed by atoms with van der Waals surface area (Å²) in [5.41, 5.74) is 0.926. The van der Waals surface area contributed by atoms with Crippen LogP contribution in [0.15, 0.2) is 42.6 Å². The molecule has 0 saturated carbocycles. The molecule has 1 aliphatic rings. The highest BCUT2D eigenvalue weighted by atomic mass is 32.1. The lowest BCUT2D eigenvalue weighted by molar-refractivity contribution is -0.0304. The molecule has 6 nitrogen and oxygen atoms in total. The molecule has 2 aromatic heterocycles. The first-order valence-electron chi connectivity index (χ1n) is 9.97. The number of nitrogens with one attached hydrogen (secondary N) is 1. The molecule has 0 unspecified atom stereocenters. The Hall–Kier alpha value is -2.55. The van der Waals surface area contributed by atoms with Crippen molar-refractivity contribution >= 4 is 27.5 Å². The lowest BCUT2D eigenvalue weighted by Gasteiger charge is -2.33. The minimum atomic E-state index is -0.269. The summed E-state index contributed by atoms with van der Waals surface area (Å²) >= 11 is 1.40. The van der Waals surface area contributed by atoms with Crippen LogP contribution in [0.3, 0.4) is 0 Å². The monoisotopic (exact) mass is 429 g/mol. The maximum Gasteiger partial charge on any atom is 0.261 e. The summed E-state index contributed by atoms with van der Waals surface area (Å²) < 4.78 is 24.7. The summed E-state index contributed by atoms with van der Waals surface area (Å²) in [4.78, 5) is 20.7. The number of carbonyl (C=O) groups is 1. The maximum atomic E-state index is 13.0. The van der Waals surface area contributed by atoms with Gasteiger partial charge in [0, 0.05) is 43.8 Å². The van der Waals surface area contributed by atoms with Crippen LogP contribution in [0.4, 0.5) is 4.39 Å². The molecular formula is C22H24FN3O3S. The highest BCUT2D eigenvalue weighted by Crippen LogP contribution is 2.37. The molecule has 0 aliphatic carbocycles. The van der Waals surface area contributed by atoms with Gasteiger partial charge in [-0.2, -0.15) is 0 Å². The molecule has 0 bridgehead atoms. The molecule has 1 aromatic carbocycles. The van der Waals surface area contributed by atoms with E-state index in [-0.39, 0.29) is 17.8 Å². The van der Waals surface area contributed by atoms with Crippen molar-refractivity contribution in [1.82, 2.24) is 15.2 Å².